The summed E-state index contributed by atoms with van der Waals surface area (Å²) in [5.74, 6) is 0.777. The number of nitrogens with one attached hydrogen (secondary N) is 1. The third kappa shape index (κ3) is 3.02. The summed E-state index contributed by atoms with van der Waals surface area (Å²) in [5, 5.41) is 0. The van der Waals surface area contributed by atoms with E-state index in [1.807, 2.05) is 6.92 Å². The fourth-order valence-electron chi connectivity index (χ4n) is 1.48. The van der Waals surface area contributed by atoms with Crippen molar-refractivity contribution in [2.24, 2.45) is 0 Å². The molecule has 0 saturated carbocycles. The second-order valence-corrected chi connectivity index (χ2v) is 5.35. The second-order valence-electron chi connectivity index (χ2n) is 3.61. The molecule has 100 valence electrons. The van der Waals surface area contributed by atoms with Gasteiger partial charge in [-0.15, -0.1) is 6.58 Å². The first-order chi connectivity index (χ1) is 8.46. The predicted octanol–water partition coefficient (Wildman–Crippen LogP) is 1.48. The Morgan fingerprint density at radius 3 is 2.39 bits per heavy atom. The molecular formula is C12H17NO4S. The lowest BCUT2D eigenvalue weighted by Gasteiger charge is -2.13. The van der Waals surface area contributed by atoms with Gasteiger partial charge in [-0.05, 0) is 18.6 Å². The van der Waals surface area contributed by atoms with Gasteiger partial charge in [-0.25, -0.2) is 13.1 Å². The molecule has 0 spiro atoms. The zero-order valence-electron chi connectivity index (χ0n) is 10.7. The van der Waals surface area contributed by atoms with Crippen LogP contribution in [0.2, 0.25) is 0 Å². The summed E-state index contributed by atoms with van der Waals surface area (Å²) in [7, 11) is -0.728. The Morgan fingerprint density at radius 2 is 1.89 bits per heavy atom. The Labute approximate surface area is 107 Å². The molecular weight excluding hydrogens is 254 g/mol. The summed E-state index contributed by atoms with van der Waals surface area (Å²) in [6.45, 7) is 5.43. The highest BCUT2D eigenvalue weighted by atomic mass is 32.2. The lowest BCUT2D eigenvalue weighted by molar-refractivity contribution is 0.390. The summed E-state index contributed by atoms with van der Waals surface area (Å²) < 4.78 is 36.7. The van der Waals surface area contributed by atoms with Gasteiger partial charge in [0.15, 0.2) is 0 Å². The molecule has 0 aliphatic rings. The maximum Gasteiger partial charge on any atom is 0.244 e. The average Bonchev–Trinajstić information content (AvgIpc) is 2.35. The van der Waals surface area contributed by atoms with Crippen LogP contribution in [-0.4, -0.2) is 29.2 Å². The van der Waals surface area contributed by atoms with E-state index in [1.165, 1.54) is 26.4 Å². The highest BCUT2D eigenvalue weighted by Crippen LogP contribution is 2.31. The number of hydrogen-bond donors (Lipinski definition) is 1. The normalized spacial score (nSPS) is 11.1. The molecule has 0 aromatic heterocycles. The van der Waals surface area contributed by atoms with Gasteiger partial charge >= 0.3 is 0 Å². The van der Waals surface area contributed by atoms with E-state index in [2.05, 4.69) is 11.3 Å². The first-order valence-corrected chi connectivity index (χ1v) is 6.77. The Balaban J connectivity index is 3.33. The SMILES string of the molecule is C=CCNS(=O)(=O)c1cc(OC)c(C)cc1OC. The van der Waals surface area contributed by atoms with Gasteiger partial charge in [0.2, 0.25) is 10.0 Å². The molecule has 0 bridgehead atoms. The van der Waals surface area contributed by atoms with E-state index in [0.717, 1.165) is 5.56 Å². The number of methoxy groups -OCH3 is 2. The topological polar surface area (TPSA) is 64.6 Å². The quantitative estimate of drug-likeness (QED) is 0.796. The van der Waals surface area contributed by atoms with Gasteiger partial charge < -0.3 is 9.47 Å². The summed E-state index contributed by atoms with van der Waals surface area (Å²) in [6, 6.07) is 3.07. The van der Waals surface area contributed by atoms with E-state index in [9.17, 15) is 8.42 Å². The van der Waals surface area contributed by atoms with Crippen LogP contribution in [0.25, 0.3) is 0 Å². The number of rotatable bonds is 6. The fourth-order valence-corrected chi connectivity index (χ4v) is 2.64. The van der Waals surface area contributed by atoms with E-state index in [0.29, 0.717) is 5.75 Å². The molecule has 1 rings (SSSR count). The first-order valence-electron chi connectivity index (χ1n) is 5.29. The zero-order chi connectivity index (χ0) is 13.8. The molecule has 1 aromatic rings. The zero-order valence-corrected chi connectivity index (χ0v) is 11.5. The molecule has 1 N–H and O–H groups in total. The molecule has 0 fully saturated rings. The lowest BCUT2D eigenvalue weighted by Crippen LogP contribution is -2.24. The average molecular weight is 271 g/mol. The maximum atomic E-state index is 12.1. The number of benzene rings is 1. The minimum Gasteiger partial charge on any atom is -0.496 e. The van der Waals surface area contributed by atoms with Crippen LogP contribution in [-0.2, 0) is 10.0 Å². The summed E-state index contributed by atoms with van der Waals surface area (Å²) in [4.78, 5) is 0.0503. The van der Waals surface area contributed by atoms with Crippen molar-refractivity contribution in [2.75, 3.05) is 20.8 Å². The van der Waals surface area contributed by atoms with Gasteiger partial charge in [-0.3, -0.25) is 0 Å². The Bertz CT molecular complexity index is 537. The predicted molar refractivity (Wildman–Crippen MR) is 69.7 cm³/mol. The molecule has 0 heterocycles. The van der Waals surface area contributed by atoms with Crippen molar-refractivity contribution in [3.8, 4) is 11.5 Å². The second kappa shape index (κ2) is 5.88. The van der Waals surface area contributed by atoms with Crippen LogP contribution in [0.4, 0.5) is 0 Å². The van der Waals surface area contributed by atoms with Crippen LogP contribution in [0, 0.1) is 6.92 Å². The molecule has 0 amide bonds. The fraction of sp³-hybridized carbons (Fsp3) is 0.333. The summed E-state index contributed by atoms with van der Waals surface area (Å²) >= 11 is 0. The summed E-state index contributed by atoms with van der Waals surface area (Å²) in [6.07, 6.45) is 1.47. The monoisotopic (exact) mass is 271 g/mol. The van der Waals surface area contributed by atoms with Crippen molar-refractivity contribution in [3.05, 3.63) is 30.4 Å². The van der Waals surface area contributed by atoms with Gasteiger partial charge in [0.1, 0.15) is 16.4 Å². The minimum absolute atomic E-state index is 0.0503. The number of sulfonamides is 1. The molecule has 0 saturated heterocycles. The smallest absolute Gasteiger partial charge is 0.244 e. The molecule has 0 atom stereocenters. The first kappa shape index (κ1) is 14.5. The van der Waals surface area contributed by atoms with Crippen LogP contribution < -0.4 is 14.2 Å². The van der Waals surface area contributed by atoms with Crippen LogP contribution in [0.1, 0.15) is 5.56 Å². The van der Waals surface area contributed by atoms with Gasteiger partial charge in [-0.1, -0.05) is 6.08 Å². The molecule has 0 aliphatic carbocycles. The van der Waals surface area contributed by atoms with Crippen LogP contribution in [0.3, 0.4) is 0 Å². The molecule has 0 unspecified atom stereocenters. The third-order valence-corrected chi connectivity index (χ3v) is 3.83. The van der Waals surface area contributed by atoms with Crippen molar-refractivity contribution < 1.29 is 17.9 Å². The number of hydrogen-bond acceptors (Lipinski definition) is 4. The molecule has 0 aliphatic heterocycles. The Morgan fingerprint density at radius 1 is 1.28 bits per heavy atom. The van der Waals surface area contributed by atoms with Gasteiger partial charge in [-0.2, -0.15) is 0 Å². The van der Waals surface area contributed by atoms with Gasteiger partial charge in [0.05, 0.1) is 14.2 Å². The van der Waals surface area contributed by atoms with Crippen molar-refractivity contribution in [3.63, 3.8) is 0 Å². The highest BCUT2D eigenvalue weighted by Gasteiger charge is 2.20. The molecule has 18 heavy (non-hydrogen) atoms. The Hall–Kier alpha value is -1.53. The van der Waals surface area contributed by atoms with Crippen molar-refractivity contribution in [1.82, 2.24) is 4.72 Å². The van der Waals surface area contributed by atoms with Gasteiger partial charge in [0, 0.05) is 12.6 Å². The number of ether oxygens (including phenoxy) is 2. The van der Waals surface area contributed by atoms with Crippen molar-refractivity contribution in [1.29, 1.82) is 0 Å². The van der Waals surface area contributed by atoms with Crippen molar-refractivity contribution in [2.45, 2.75) is 11.8 Å². The molecule has 6 heteroatoms. The molecule has 1 aromatic carbocycles. The molecule has 0 radical (unpaired) electrons. The maximum absolute atomic E-state index is 12.1. The third-order valence-electron chi connectivity index (χ3n) is 2.39. The largest absolute Gasteiger partial charge is 0.496 e. The van der Waals surface area contributed by atoms with E-state index >= 15 is 0 Å². The number of aryl methyl sites for hydroxylation is 1. The minimum atomic E-state index is -3.64. The van der Waals surface area contributed by atoms with Crippen LogP contribution in [0.5, 0.6) is 11.5 Å². The van der Waals surface area contributed by atoms with Crippen molar-refractivity contribution >= 4 is 10.0 Å². The van der Waals surface area contributed by atoms with E-state index < -0.39 is 10.0 Å². The highest BCUT2D eigenvalue weighted by molar-refractivity contribution is 7.89. The summed E-state index contributed by atoms with van der Waals surface area (Å²) in [5.41, 5.74) is 0.803. The van der Waals surface area contributed by atoms with Crippen LogP contribution in [0.15, 0.2) is 29.7 Å². The van der Waals surface area contributed by atoms with Gasteiger partial charge in [0.25, 0.3) is 0 Å². The van der Waals surface area contributed by atoms with Crippen LogP contribution >= 0.6 is 0 Å². The van der Waals surface area contributed by atoms with E-state index in [4.69, 9.17) is 9.47 Å². The van der Waals surface area contributed by atoms with E-state index in [-0.39, 0.29) is 17.2 Å². The standard InChI is InChI=1S/C12H17NO4S/c1-5-6-13-18(14,15)12-8-10(16-3)9(2)7-11(12)17-4/h5,7-8,13H,1,6H2,2-4H3. The molecule has 5 nitrogen and oxygen atoms in total. The Kier molecular flexibility index (Phi) is 4.75. The lowest BCUT2D eigenvalue weighted by atomic mass is 10.2. The van der Waals surface area contributed by atoms with E-state index in [1.54, 1.807) is 6.07 Å².